The lowest BCUT2D eigenvalue weighted by Crippen LogP contribution is -2.46. The standard InChI is InChI=1S/C16H23FN2O/c1-12(9-14-3-4-15(17)13(2)11-14)10-16(20)19-7-5-18-6-8-19/h3-4,11-12,18H,5-10H2,1-2H3. The summed E-state index contributed by atoms with van der Waals surface area (Å²) >= 11 is 0. The van der Waals surface area contributed by atoms with Gasteiger partial charge in [0.05, 0.1) is 0 Å². The fourth-order valence-corrected chi connectivity index (χ4v) is 2.65. The maximum Gasteiger partial charge on any atom is 0.222 e. The minimum atomic E-state index is -0.168. The first-order chi connectivity index (χ1) is 9.56. The predicted molar refractivity (Wildman–Crippen MR) is 78.1 cm³/mol. The van der Waals surface area contributed by atoms with E-state index < -0.39 is 0 Å². The molecule has 1 atom stereocenters. The molecule has 0 spiro atoms. The number of nitrogens with one attached hydrogen (secondary N) is 1. The number of halogens is 1. The number of amides is 1. The third kappa shape index (κ3) is 4.04. The molecular weight excluding hydrogens is 255 g/mol. The smallest absolute Gasteiger partial charge is 0.222 e. The molecule has 4 heteroatoms. The van der Waals surface area contributed by atoms with E-state index >= 15 is 0 Å². The summed E-state index contributed by atoms with van der Waals surface area (Å²) in [6, 6.07) is 5.20. The average Bonchev–Trinajstić information content (AvgIpc) is 2.44. The van der Waals surface area contributed by atoms with Crippen LogP contribution >= 0.6 is 0 Å². The zero-order valence-corrected chi connectivity index (χ0v) is 12.3. The second-order valence-corrected chi connectivity index (χ2v) is 5.73. The van der Waals surface area contributed by atoms with Crippen LogP contribution in [-0.2, 0) is 11.2 Å². The van der Waals surface area contributed by atoms with E-state index in [0.717, 1.165) is 38.2 Å². The minimum Gasteiger partial charge on any atom is -0.340 e. The number of hydrogen-bond donors (Lipinski definition) is 1. The molecule has 1 amide bonds. The Labute approximate surface area is 120 Å². The van der Waals surface area contributed by atoms with Crippen LogP contribution in [0.25, 0.3) is 0 Å². The molecule has 0 aromatic heterocycles. The van der Waals surface area contributed by atoms with Crippen molar-refractivity contribution in [3.8, 4) is 0 Å². The molecule has 20 heavy (non-hydrogen) atoms. The van der Waals surface area contributed by atoms with E-state index in [0.29, 0.717) is 12.0 Å². The third-order valence-electron chi connectivity index (χ3n) is 3.80. The van der Waals surface area contributed by atoms with Crippen LogP contribution in [0.3, 0.4) is 0 Å². The maximum atomic E-state index is 13.2. The van der Waals surface area contributed by atoms with Crippen LogP contribution in [0.2, 0.25) is 0 Å². The van der Waals surface area contributed by atoms with E-state index in [1.165, 1.54) is 6.07 Å². The molecule has 0 radical (unpaired) electrons. The summed E-state index contributed by atoms with van der Waals surface area (Å²) in [6.07, 6.45) is 1.38. The highest BCUT2D eigenvalue weighted by Gasteiger charge is 2.18. The summed E-state index contributed by atoms with van der Waals surface area (Å²) in [6.45, 7) is 7.24. The molecule has 1 unspecified atom stereocenters. The van der Waals surface area contributed by atoms with Crippen molar-refractivity contribution >= 4 is 5.91 Å². The van der Waals surface area contributed by atoms with Gasteiger partial charge in [-0.2, -0.15) is 0 Å². The van der Waals surface area contributed by atoms with Crippen molar-refractivity contribution in [2.45, 2.75) is 26.7 Å². The number of hydrogen-bond acceptors (Lipinski definition) is 2. The highest BCUT2D eigenvalue weighted by molar-refractivity contribution is 5.76. The number of piperazine rings is 1. The van der Waals surface area contributed by atoms with Crippen LogP contribution < -0.4 is 5.32 Å². The summed E-state index contributed by atoms with van der Waals surface area (Å²) in [5, 5.41) is 3.24. The molecule has 1 saturated heterocycles. The molecule has 1 fully saturated rings. The number of carbonyl (C=O) groups is 1. The largest absolute Gasteiger partial charge is 0.340 e. The quantitative estimate of drug-likeness (QED) is 0.915. The van der Waals surface area contributed by atoms with Crippen molar-refractivity contribution < 1.29 is 9.18 Å². The summed E-state index contributed by atoms with van der Waals surface area (Å²) in [5.41, 5.74) is 1.77. The molecule has 1 aromatic rings. The number of rotatable bonds is 4. The van der Waals surface area contributed by atoms with E-state index in [2.05, 4.69) is 12.2 Å². The van der Waals surface area contributed by atoms with Crippen LogP contribution in [0, 0.1) is 18.7 Å². The molecule has 110 valence electrons. The van der Waals surface area contributed by atoms with E-state index in [1.54, 1.807) is 6.92 Å². The zero-order chi connectivity index (χ0) is 14.5. The normalized spacial score (nSPS) is 17.1. The van der Waals surface area contributed by atoms with Gasteiger partial charge in [-0.25, -0.2) is 4.39 Å². The van der Waals surface area contributed by atoms with Gasteiger partial charge in [0.15, 0.2) is 0 Å². The first kappa shape index (κ1) is 15.0. The SMILES string of the molecule is Cc1cc(CC(C)CC(=O)N2CCNCC2)ccc1F. The van der Waals surface area contributed by atoms with Gasteiger partial charge < -0.3 is 10.2 Å². The average molecular weight is 278 g/mol. The molecule has 2 rings (SSSR count). The van der Waals surface area contributed by atoms with Crippen molar-refractivity contribution in [3.05, 3.63) is 35.1 Å². The van der Waals surface area contributed by atoms with Crippen molar-refractivity contribution in [2.24, 2.45) is 5.92 Å². The maximum absolute atomic E-state index is 13.2. The van der Waals surface area contributed by atoms with Gasteiger partial charge in [0.25, 0.3) is 0 Å². The van der Waals surface area contributed by atoms with Crippen LogP contribution in [0.5, 0.6) is 0 Å². The zero-order valence-electron chi connectivity index (χ0n) is 12.3. The molecule has 0 saturated carbocycles. The lowest BCUT2D eigenvalue weighted by atomic mass is 9.96. The van der Waals surface area contributed by atoms with Crippen LogP contribution in [-0.4, -0.2) is 37.0 Å². The number of carbonyl (C=O) groups excluding carboxylic acids is 1. The predicted octanol–water partition coefficient (Wildman–Crippen LogP) is 2.13. The summed E-state index contributed by atoms with van der Waals surface area (Å²) in [7, 11) is 0. The monoisotopic (exact) mass is 278 g/mol. The Morgan fingerprint density at radius 2 is 2.10 bits per heavy atom. The van der Waals surface area contributed by atoms with Gasteiger partial charge in [-0.05, 0) is 36.5 Å². The Morgan fingerprint density at radius 3 is 2.75 bits per heavy atom. The number of nitrogens with zero attached hydrogens (tertiary/aromatic N) is 1. The van der Waals surface area contributed by atoms with Gasteiger partial charge in [0.1, 0.15) is 5.82 Å². The lowest BCUT2D eigenvalue weighted by Gasteiger charge is -2.28. The molecule has 0 aliphatic carbocycles. The molecule has 0 bridgehead atoms. The summed E-state index contributed by atoms with van der Waals surface area (Å²) in [4.78, 5) is 14.1. The van der Waals surface area contributed by atoms with Crippen LogP contribution in [0.15, 0.2) is 18.2 Å². The molecule has 1 N–H and O–H groups in total. The molecule has 3 nitrogen and oxygen atoms in total. The Morgan fingerprint density at radius 1 is 1.40 bits per heavy atom. The summed E-state index contributed by atoms with van der Waals surface area (Å²) in [5.74, 6) is 0.346. The second kappa shape index (κ2) is 6.84. The van der Waals surface area contributed by atoms with Crippen LogP contribution in [0.1, 0.15) is 24.5 Å². The third-order valence-corrected chi connectivity index (χ3v) is 3.80. The van der Waals surface area contributed by atoms with E-state index in [1.807, 2.05) is 17.0 Å². The van der Waals surface area contributed by atoms with Crippen molar-refractivity contribution in [3.63, 3.8) is 0 Å². The number of benzene rings is 1. The van der Waals surface area contributed by atoms with E-state index in [4.69, 9.17) is 0 Å². The summed E-state index contributed by atoms with van der Waals surface area (Å²) < 4.78 is 13.2. The van der Waals surface area contributed by atoms with Crippen LogP contribution in [0.4, 0.5) is 4.39 Å². The Bertz CT molecular complexity index is 470. The molecule has 1 aliphatic rings. The van der Waals surface area contributed by atoms with E-state index in [-0.39, 0.29) is 17.6 Å². The van der Waals surface area contributed by atoms with Gasteiger partial charge in [-0.1, -0.05) is 19.1 Å². The lowest BCUT2D eigenvalue weighted by molar-refractivity contribution is -0.132. The highest BCUT2D eigenvalue weighted by Crippen LogP contribution is 2.16. The van der Waals surface area contributed by atoms with Gasteiger partial charge in [0, 0.05) is 32.6 Å². The fraction of sp³-hybridized carbons (Fsp3) is 0.562. The topological polar surface area (TPSA) is 32.3 Å². The van der Waals surface area contributed by atoms with E-state index in [9.17, 15) is 9.18 Å². The molecule has 1 aliphatic heterocycles. The highest BCUT2D eigenvalue weighted by atomic mass is 19.1. The van der Waals surface area contributed by atoms with Gasteiger partial charge in [0.2, 0.25) is 5.91 Å². The first-order valence-corrected chi connectivity index (χ1v) is 7.30. The van der Waals surface area contributed by atoms with Crippen molar-refractivity contribution in [2.75, 3.05) is 26.2 Å². The molecule has 1 aromatic carbocycles. The van der Waals surface area contributed by atoms with Crippen molar-refractivity contribution in [1.82, 2.24) is 10.2 Å². The second-order valence-electron chi connectivity index (χ2n) is 5.73. The molecular formula is C16H23FN2O. The van der Waals surface area contributed by atoms with Gasteiger partial charge in [-0.15, -0.1) is 0 Å². The Hall–Kier alpha value is -1.42. The molecule has 1 heterocycles. The van der Waals surface area contributed by atoms with Gasteiger partial charge in [-0.3, -0.25) is 4.79 Å². The Balaban J connectivity index is 1.86. The number of aryl methyl sites for hydroxylation is 1. The first-order valence-electron chi connectivity index (χ1n) is 7.30. The Kier molecular flexibility index (Phi) is 5.12. The fourth-order valence-electron chi connectivity index (χ4n) is 2.65. The van der Waals surface area contributed by atoms with Gasteiger partial charge >= 0.3 is 0 Å². The van der Waals surface area contributed by atoms with Crippen molar-refractivity contribution in [1.29, 1.82) is 0 Å². The minimum absolute atomic E-state index is 0.168.